The summed E-state index contributed by atoms with van der Waals surface area (Å²) >= 11 is 0. The van der Waals surface area contributed by atoms with E-state index >= 15 is 0 Å². The van der Waals surface area contributed by atoms with Crippen LogP contribution < -0.4 is 5.32 Å². The Bertz CT molecular complexity index is 326. The minimum Gasteiger partial charge on any atom is -0.374 e. The predicted molar refractivity (Wildman–Crippen MR) is 46.1 cm³/mol. The molecule has 3 rings (SSSR count). The summed E-state index contributed by atoms with van der Waals surface area (Å²) in [7, 11) is 0. The highest BCUT2D eigenvalue weighted by Gasteiger charge is 2.51. The van der Waals surface area contributed by atoms with Crippen LogP contribution in [0.1, 0.15) is 5.56 Å². The van der Waals surface area contributed by atoms with Crippen molar-refractivity contribution in [1.29, 1.82) is 0 Å². The zero-order chi connectivity index (χ0) is 8.13. The highest BCUT2D eigenvalue weighted by Crippen LogP contribution is 2.39. The minimum absolute atomic E-state index is 0.139. The van der Waals surface area contributed by atoms with Crippen molar-refractivity contribution >= 4 is 11.5 Å². The Labute approximate surface area is 70.6 Å². The number of fused-ring (bicyclic) bond motifs is 2. The summed E-state index contributed by atoms with van der Waals surface area (Å²) in [6.45, 7) is 0. The lowest BCUT2D eigenvalue weighted by Crippen LogP contribution is -2.13. The Hall–Kier alpha value is -1.31. The van der Waals surface area contributed by atoms with E-state index in [1.54, 1.807) is 0 Å². The van der Waals surface area contributed by atoms with Gasteiger partial charge in [-0.1, -0.05) is 18.2 Å². The number of ketones is 1. The molecule has 0 radical (unpaired) electrons. The molecule has 1 aliphatic carbocycles. The Morgan fingerprint density at radius 3 is 3.08 bits per heavy atom. The lowest BCUT2D eigenvalue weighted by molar-refractivity contribution is -0.111. The van der Waals surface area contributed by atoms with Crippen LogP contribution in [0.15, 0.2) is 24.3 Å². The first-order valence-corrected chi connectivity index (χ1v) is 4.24. The summed E-state index contributed by atoms with van der Waals surface area (Å²) in [6, 6.07) is 8.29. The van der Waals surface area contributed by atoms with Crippen molar-refractivity contribution in [2.75, 3.05) is 5.32 Å². The molecule has 2 nitrogen and oxygen atoms in total. The van der Waals surface area contributed by atoms with Crippen LogP contribution in [0.3, 0.4) is 0 Å². The standard InChI is InChI=1S/C10H9NO/c12-10-7-5-6-3-1-2-4-8(6)11-9(7)10/h1-4,7,9,11H,5H2. The van der Waals surface area contributed by atoms with Gasteiger partial charge in [0.1, 0.15) is 0 Å². The third-order valence-electron chi connectivity index (χ3n) is 2.73. The Morgan fingerprint density at radius 1 is 1.33 bits per heavy atom. The molecule has 2 atom stereocenters. The number of anilines is 1. The molecule has 1 aliphatic heterocycles. The molecule has 1 aromatic rings. The van der Waals surface area contributed by atoms with Gasteiger partial charge in [-0.25, -0.2) is 0 Å². The molecule has 1 N–H and O–H groups in total. The number of hydrogen-bond acceptors (Lipinski definition) is 2. The van der Waals surface area contributed by atoms with E-state index in [1.165, 1.54) is 5.56 Å². The number of benzene rings is 1. The van der Waals surface area contributed by atoms with Crippen LogP contribution in [0.2, 0.25) is 0 Å². The fourth-order valence-electron chi connectivity index (χ4n) is 1.92. The third kappa shape index (κ3) is 0.670. The molecule has 2 aliphatic rings. The van der Waals surface area contributed by atoms with E-state index in [2.05, 4.69) is 11.4 Å². The van der Waals surface area contributed by atoms with Crippen LogP contribution >= 0.6 is 0 Å². The second-order valence-electron chi connectivity index (χ2n) is 3.49. The zero-order valence-electron chi connectivity index (χ0n) is 6.58. The van der Waals surface area contributed by atoms with Crippen LogP contribution in [0.25, 0.3) is 0 Å². The molecule has 0 aromatic heterocycles. The molecule has 12 heavy (non-hydrogen) atoms. The van der Waals surface area contributed by atoms with Crippen LogP contribution in [-0.2, 0) is 11.2 Å². The minimum atomic E-state index is 0.139. The maximum absolute atomic E-state index is 11.1. The van der Waals surface area contributed by atoms with Crippen molar-refractivity contribution in [3.63, 3.8) is 0 Å². The van der Waals surface area contributed by atoms with Crippen molar-refractivity contribution in [2.24, 2.45) is 5.92 Å². The fraction of sp³-hybridized carbons (Fsp3) is 0.300. The lowest BCUT2D eigenvalue weighted by atomic mass is 10.0. The van der Waals surface area contributed by atoms with Gasteiger partial charge in [0.2, 0.25) is 0 Å². The molecule has 1 heterocycles. The van der Waals surface area contributed by atoms with E-state index in [1.807, 2.05) is 18.2 Å². The second kappa shape index (κ2) is 1.89. The van der Waals surface area contributed by atoms with E-state index in [0.717, 1.165) is 12.1 Å². The topological polar surface area (TPSA) is 29.1 Å². The van der Waals surface area contributed by atoms with E-state index < -0.39 is 0 Å². The number of carbonyl (C=O) groups is 1. The van der Waals surface area contributed by atoms with Gasteiger partial charge in [-0.3, -0.25) is 4.79 Å². The van der Waals surface area contributed by atoms with Crippen LogP contribution in [-0.4, -0.2) is 11.8 Å². The number of Topliss-reactive ketones (excluding diaryl/α,β-unsaturated/α-hetero) is 1. The molecule has 1 fully saturated rings. The molecule has 0 amide bonds. The molecule has 60 valence electrons. The van der Waals surface area contributed by atoms with Crippen LogP contribution in [0.4, 0.5) is 5.69 Å². The monoisotopic (exact) mass is 159 g/mol. The molecule has 1 saturated carbocycles. The first-order chi connectivity index (χ1) is 5.86. The first kappa shape index (κ1) is 6.23. The molecule has 2 heteroatoms. The van der Waals surface area contributed by atoms with E-state index in [0.29, 0.717) is 5.78 Å². The van der Waals surface area contributed by atoms with Crippen molar-refractivity contribution < 1.29 is 4.79 Å². The molecule has 2 unspecified atom stereocenters. The van der Waals surface area contributed by atoms with Gasteiger partial charge in [0, 0.05) is 5.69 Å². The van der Waals surface area contributed by atoms with Crippen molar-refractivity contribution in [3.05, 3.63) is 29.8 Å². The van der Waals surface area contributed by atoms with Gasteiger partial charge in [0.15, 0.2) is 5.78 Å². The summed E-state index contributed by atoms with van der Waals surface area (Å²) in [5.74, 6) is 0.658. The zero-order valence-corrected chi connectivity index (χ0v) is 6.58. The Morgan fingerprint density at radius 2 is 2.17 bits per heavy atom. The van der Waals surface area contributed by atoms with Gasteiger partial charge in [-0.2, -0.15) is 0 Å². The number of carbonyl (C=O) groups excluding carboxylic acids is 1. The SMILES string of the molecule is O=C1C2Cc3ccccc3NC12. The number of rotatable bonds is 0. The van der Waals surface area contributed by atoms with Crippen LogP contribution in [0, 0.1) is 5.92 Å². The fourth-order valence-corrected chi connectivity index (χ4v) is 1.92. The third-order valence-corrected chi connectivity index (χ3v) is 2.73. The molecular weight excluding hydrogens is 150 g/mol. The molecule has 1 aromatic carbocycles. The van der Waals surface area contributed by atoms with Crippen molar-refractivity contribution in [1.82, 2.24) is 0 Å². The summed E-state index contributed by atoms with van der Waals surface area (Å²) in [5, 5.41) is 3.23. The summed E-state index contributed by atoms with van der Waals surface area (Å²) in [4.78, 5) is 11.1. The van der Waals surface area contributed by atoms with Gasteiger partial charge in [0.05, 0.1) is 12.0 Å². The maximum Gasteiger partial charge on any atom is 0.161 e. The van der Waals surface area contributed by atoms with Crippen molar-refractivity contribution in [2.45, 2.75) is 12.5 Å². The van der Waals surface area contributed by atoms with Crippen LogP contribution in [0.5, 0.6) is 0 Å². The van der Waals surface area contributed by atoms with Gasteiger partial charge in [-0.15, -0.1) is 0 Å². The maximum atomic E-state index is 11.1. The average molecular weight is 159 g/mol. The van der Waals surface area contributed by atoms with Gasteiger partial charge in [0.25, 0.3) is 0 Å². The van der Waals surface area contributed by atoms with Crippen molar-refractivity contribution in [3.8, 4) is 0 Å². The lowest BCUT2D eigenvalue weighted by Gasteiger charge is -2.14. The molecule has 0 saturated heterocycles. The van der Waals surface area contributed by atoms with Gasteiger partial charge < -0.3 is 5.32 Å². The first-order valence-electron chi connectivity index (χ1n) is 4.24. The smallest absolute Gasteiger partial charge is 0.161 e. The quantitative estimate of drug-likeness (QED) is 0.616. The highest BCUT2D eigenvalue weighted by molar-refractivity contribution is 6.06. The molecule has 0 spiro atoms. The predicted octanol–water partition coefficient (Wildman–Crippen LogP) is 1.22. The highest BCUT2D eigenvalue weighted by atomic mass is 16.1. The molecular formula is C10H9NO. The Balaban J connectivity index is 2.05. The van der Waals surface area contributed by atoms with Gasteiger partial charge in [-0.05, 0) is 18.1 Å². The number of para-hydroxylation sites is 1. The summed E-state index contributed by atoms with van der Waals surface area (Å²) in [5.41, 5.74) is 2.43. The summed E-state index contributed by atoms with van der Waals surface area (Å²) < 4.78 is 0. The van der Waals surface area contributed by atoms with E-state index in [4.69, 9.17) is 0 Å². The average Bonchev–Trinajstić information content (AvgIpc) is 2.74. The second-order valence-corrected chi connectivity index (χ2v) is 3.49. The van der Waals surface area contributed by atoms with Gasteiger partial charge >= 0.3 is 0 Å². The molecule has 0 bridgehead atoms. The largest absolute Gasteiger partial charge is 0.374 e. The summed E-state index contributed by atoms with van der Waals surface area (Å²) in [6.07, 6.45) is 0.937. The Kier molecular flexibility index (Phi) is 0.980. The normalized spacial score (nSPS) is 30.2. The van der Waals surface area contributed by atoms with E-state index in [-0.39, 0.29) is 12.0 Å². The van der Waals surface area contributed by atoms with E-state index in [9.17, 15) is 4.79 Å². The number of hydrogen-bond donors (Lipinski definition) is 1. The number of nitrogens with one attached hydrogen (secondary N) is 1.